The monoisotopic (exact) mass is 497 g/mol. The third-order valence-electron chi connectivity index (χ3n) is 7.52. The molecule has 1 aliphatic heterocycles. The summed E-state index contributed by atoms with van der Waals surface area (Å²) in [4.78, 5) is 11.7. The summed E-state index contributed by atoms with van der Waals surface area (Å²) in [6, 6.07) is 10.4. The molecular formula is C25H35N7O2S. The fraction of sp³-hybridized carbons (Fsp3) is 0.520. The SMILES string of the molecule is CN(C1(Cn2ccc3cnc(Nc4ccc(N5CCNCC5)cc4)nc32)CCCCC1)S(C)(=O)=O. The molecule has 0 spiro atoms. The Labute approximate surface area is 207 Å². The molecule has 9 nitrogen and oxygen atoms in total. The zero-order chi connectivity index (χ0) is 24.5. The summed E-state index contributed by atoms with van der Waals surface area (Å²) in [6.45, 7) is 4.62. The molecule has 3 aromatic rings. The third-order valence-corrected chi connectivity index (χ3v) is 8.90. The van der Waals surface area contributed by atoms with Crippen molar-refractivity contribution in [2.75, 3.05) is 49.7 Å². The molecule has 1 aromatic carbocycles. The van der Waals surface area contributed by atoms with Crippen LogP contribution in [0.5, 0.6) is 0 Å². The number of aromatic nitrogens is 3. The van der Waals surface area contributed by atoms with Crippen molar-refractivity contribution >= 4 is 38.4 Å². The summed E-state index contributed by atoms with van der Waals surface area (Å²) >= 11 is 0. The second-order valence-corrected chi connectivity index (χ2v) is 11.9. The number of nitrogens with zero attached hydrogens (tertiary/aromatic N) is 5. The van der Waals surface area contributed by atoms with E-state index < -0.39 is 15.6 Å². The zero-order valence-electron chi connectivity index (χ0n) is 20.6. The second kappa shape index (κ2) is 9.75. The minimum absolute atomic E-state index is 0.434. The lowest BCUT2D eigenvalue weighted by molar-refractivity contribution is 0.129. The Hall–Kier alpha value is -2.69. The third kappa shape index (κ3) is 5.14. The molecule has 2 aromatic heterocycles. The van der Waals surface area contributed by atoms with E-state index in [9.17, 15) is 8.42 Å². The molecule has 3 heterocycles. The van der Waals surface area contributed by atoms with Crippen molar-refractivity contribution < 1.29 is 8.42 Å². The molecule has 0 radical (unpaired) electrons. The van der Waals surface area contributed by atoms with Crippen LogP contribution in [-0.2, 0) is 16.6 Å². The summed E-state index contributed by atoms with van der Waals surface area (Å²) in [6.07, 6.45) is 10.0. The van der Waals surface area contributed by atoms with E-state index in [2.05, 4.69) is 49.4 Å². The van der Waals surface area contributed by atoms with Crippen molar-refractivity contribution in [1.29, 1.82) is 0 Å². The maximum atomic E-state index is 12.5. The molecule has 0 bridgehead atoms. The number of likely N-dealkylation sites (N-methyl/N-ethyl adjacent to an activating group) is 1. The van der Waals surface area contributed by atoms with Crippen LogP contribution in [0.2, 0.25) is 0 Å². The molecule has 2 fully saturated rings. The summed E-state index contributed by atoms with van der Waals surface area (Å²) < 4.78 is 28.6. The number of sulfonamides is 1. The fourth-order valence-electron chi connectivity index (χ4n) is 5.42. The lowest BCUT2D eigenvalue weighted by Gasteiger charge is -2.43. The molecule has 1 aliphatic carbocycles. The summed E-state index contributed by atoms with van der Waals surface area (Å²) in [7, 11) is -1.59. The van der Waals surface area contributed by atoms with E-state index in [1.54, 1.807) is 11.4 Å². The van der Waals surface area contributed by atoms with Gasteiger partial charge in [0.2, 0.25) is 16.0 Å². The first kappa shape index (κ1) is 24.0. The Morgan fingerprint density at radius 2 is 1.80 bits per heavy atom. The number of nitrogens with one attached hydrogen (secondary N) is 2. The maximum Gasteiger partial charge on any atom is 0.229 e. The largest absolute Gasteiger partial charge is 0.369 e. The van der Waals surface area contributed by atoms with Gasteiger partial charge in [-0.1, -0.05) is 19.3 Å². The van der Waals surface area contributed by atoms with Crippen LogP contribution in [0, 0.1) is 0 Å². The van der Waals surface area contributed by atoms with Gasteiger partial charge in [0, 0.05) is 68.9 Å². The van der Waals surface area contributed by atoms with Crippen LogP contribution in [0.15, 0.2) is 42.7 Å². The topological polar surface area (TPSA) is 95.4 Å². The van der Waals surface area contributed by atoms with E-state index in [1.165, 1.54) is 11.9 Å². The van der Waals surface area contributed by atoms with Crippen LogP contribution in [0.1, 0.15) is 32.1 Å². The predicted octanol–water partition coefficient (Wildman–Crippen LogP) is 3.18. The average molecular weight is 498 g/mol. The van der Waals surface area contributed by atoms with Gasteiger partial charge in [0.05, 0.1) is 11.8 Å². The van der Waals surface area contributed by atoms with Crippen LogP contribution >= 0.6 is 0 Å². The molecule has 0 atom stereocenters. The first-order valence-electron chi connectivity index (χ1n) is 12.4. The quantitative estimate of drug-likeness (QED) is 0.518. The van der Waals surface area contributed by atoms with Crippen LogP contribution in [-0.4, -0.2) is 72.3 Å². The van der Waals surface area contributed by atoms with Crippen molar-refractivity contribution in [3.05, 3.63) is 42.7 Å². The maximum absolute atomic E-state index is 12.5. The molecule has 5 rings (SSSR count). The molecule has 35 heavy (non-hydrogen) atoms. The van der Waals surface area contributed by atoms with E-state index in [-0.39, 0.29) is 0 Å². The van der Waals surface area contributed by atoms with Crippen molar-refractivity contribution in [3.8, 4) is 0 Å². The molecule has 1 saturated carbocycles. The molecule has 10 heteroatoms. The number of benzene rings is 1. The van der Waals surface area contributed by atoms with E-state index in [4.69, 9.17) is 4.98 Å². The first-order valence-corrected chi connectivity index (χ1v) is 14.3. The Morgan fingerprint density at radius 1 is 1.09 bits per heavy atom. The second-order valence-electron chi connectivity index (χ2n) is 9.84. The minimum Gasteiger partial charge on any atom is -0.369 e. The van der Waals surface area contributed by atoms with Gasteiger partial charge in [-0.05, 0) is 43.2 Å². The number of rotatable bonds is 7. The highest BCUT2D eigenvalue weighted by molar-refractivity contribution is 7.88. The number of anilines is 3. The lowest BCUT2D eigenvalue weighted by Crippen LogP contribution is -2.53. The Balaban J connectivity index is 1.37. The number of hydrogen-bond donors (Lipinski definition) is 2. The van der Waals surface area contributed by atoms with Gasteiger partial charge >= 0.3 is 0 Å². The van der Waals surface area contributed by atoms with Crippen LogP contribution < -0.4 is 15.5 Å². The Kier molecular flexibility index (Phi) is 6.69. The Bertz CT molecular complexity index is 1260. The molecule has 1 saturated heterocycles. The number of hydrogen-bond acceptors (Lipinski definition) is 7. The predicted molar refractivity (Wildman–Crippen MR) is 141 cm³/mol. The van der Waals surface area contributed by atoms with Gasteiger partial charge in [-0.15, -0.1) is 0 Å². The first-order chi connectivity index (χ1) is 16.8. The van der Waals surface area contributed by atoms with Crippen molar-refractivity contribution in [2.24, 2.45) is 0 Å². The van der Waals surface area contributed by atoms with Gasteiger partial charge in [0.15, 0.2) is 0 Å². The van der Waals surface area contributed by atoms with Gasteiger partial charge in [-0.3, -0.25) is 0 Å². The zero-order valence-corrected chi connectivity index (χ0v) is 21.4. The average Bonchev–Trinajstić information content (AvgIpc) is 3.26. The van der Waals surface area contributed by atoms with E-state index in [1.807, 2.05) is 18.5 Å². The van der Waals surface area contributed by atoms with E-state index >= 15 is 0 Å². The van der Waals surface area contributed by atoms with E-state index in [0.717, 1.165) is 75.0 Å². The van der Waals surface area contributed by atoms with Gasteiger partial charge < -0.3 is 20.1 Å². The lowest BCUT2D eigenvalue weighted by atomic mass is 9.81. The van der Waals surface area contributed by atoms with Gasteiger partial charge in [-0.2, -0.15) is 9.29 Å². The van der Waals surface area contributed by atoms with Gasteiger partial charge in [0.25, 0.3) is 0 Å². The molecule has 0 amide bonds. The number of piperazine rings is 1. The minimum atomic E-state index is -3.31. The highest BCUT2D eigenvalue weighted by Gasteiger charge is 2.41. The van der Waals surface area contributed by atoms with Gasteiger partial charge in [0.1, 0.15) is 5.65 Å². The standard InChI is InChI=1S/C25H35N7O2S/c1-30(35(2,33)34)25(11-4-3-5-12-25)19-32-15-10-20-18-27-24(29-23(20)32)28-21-6-8-22(9-7-21)31-16-13-26-14-17-31/h6-10,15,18,26H,3-5,11-14,16-17,19H2,1-2H3,(H,27,28,29). The molecule has 188 valence electrons. The van der Waals surface area contributed by atoms with Crippen molar-refractivity contribution in [2.45, 2.75) is 44.2 Å². The highest BCUT2D eigenvalue weighted by Crippen LogP contribution is 2.36. The van der Waals surface area contributed by atoms with Crippen LogP contribution in [0.4, 0.5) is 17.3 Å². The fourth-order valence-corrected chi connectivity index (χ4v) is 6.36. The summed E-state index contributed by atoms with van der Waals surface area (Å²) in [5.41, 5.74) is 2.53. The van der Waals surface area contributed by atoms with Gasteiger partial charge in [-0.25, -0.2) is 13.4 Å². The summed E-state index contributed by atoms with van der Waals surface area (Å²) in [5, 5.41) is 7.65. The molecular weight excluding hydrogens is 462 g/mol. The highest BCUT2D eigenvalue weighted by atomic mass is 32.2. The smallest absolute Gasteiger partial charge is 0.229 e. The molecule has 2 N–H and O–H groups in total. The van der Waals surface area contributed by atoms with Crippen molar-refractivity contribution in [3.63, 3.8) is 0 Å². The van der Waals surface area contributed by atoms with Crippen LogP contribution in [0.25, 0.3) is 11.0 Å². The molecule has 2 aliphatic rings. The van der Waals surface area contributed by atoms with Crippen LogP contribution in [0.3, 0.4) is 0 Å². The summed E-state index contributed by atoms with van der Waals surface area (Å²) in [5.74, 6) is 0.529. The molecule has 0 unspecified atom stereocenters. The Morgan fingerprint density at radius 3 is 2.49 bits per heavy atom. The van der Waals surface area contributed by atoms with Crippen molar-refractivity contribution in [1.82, 2.24) is 24.2 Å². The normalized spacial score (nSPS) is 18.8. The number of fused-ring (bicyclic) bond motifs is 1. The van der Waals surface area contributed by atoms with E-state index in [0.29, 0.717) is 12.5 Å².